The van der Waals surface area contributed by atoms with E-state index in [-0.39, 0.29) is 31.5 Å². The summed E-state index contributed by atoms with van der Waals surface area (Å²) < 4.78 is 10.9. The molecule has 28 heavy (non-hydrogen) atoms. The third-order valence-electron chi connectivity index (χ3n) is 4.88. The standard InChI is InChI=1S/C20H24N2O5.ClH/c1-26-15-6-4-14(5-7-15)19(25)22-12-20(9-17(23)18(24)10-20)13-27-16-3-2-8-21-11-16;/h2-8,11,17-18,23-24H,9-10,12-13H2,1H3,(H,22,25);1H/t17-,18+,20?;. The van der Waals surface area contributed by atoms with Crippen LogP contribution in [0.5, 0.6) is 11.5 Å². The van der Waals surface area contributed by atoms with E-state index in [2.05, 4.69) is 10.3 Å². The molecular weight excluding hydrogens is 384 g/mol. The number of nitrogens with one attached hydrogen (secondary N) is 1. The van der Waals surface area contributed by atoms with Crippen molar-refractivity contribution in [3.63, 3.8) is 0 Å². The van der Waals surface area contributed by atoms with E-state index in [4.69, 9.17) is 9.47 Å². The molecule has 1 fully saturated rings. The molecule has 152 valence electrons. The second-order valence-electron chi connectivity index (χ2n) is 6.93. The lowest BCUT2D eigenvalue weighted by Crippen LogP contribution is -2.40. The lowest BCUT2D eigenvalue weighted by Gasteiger charge is -2.29. The summed E-state index contributed by atoms with van der Waals surface area (Å²) in [5.74, 6) is 1.05. The first kappa shape index (κ1) is 21.9. The number of amides is 1. The van der Waals surface area contributed by atoms with Gasteiger partial charge in [0.25, 0.3) is 5.91 Å². The Morgan fingerprint density at radius 3 is 2.43 bits per heavy atom. The van der Waals surface area contributed by atoms with Crippen molar-refractivity contribution >= 4 is 18.3 Å². The van der Waals surface area contributed by atoms with E-state index in [0.29, 0.717) is 29.9 Å². The van der Waals surface area contributed by atoms with Crippen LogP contribution in [-0.4, -0.2) is 53.6 Å². The van der Waals surface area contributed by atoms with E-state index in [0.717, 1.165) is 0 Å². The number of rotatable bonds is 7. The number of benzene rings is 1. The molecule has 0 radical (unpaired) electrons. The van der Waals surface area contributed by atoms with Crippen LogP contribution in [0.3, 0.4) is 0 Å². The van der Waals surface area contributed by atoms with Crippen molar-refractivity contribution in [2.75, 3.05) is 20.3 Å². The van der Waals surface area contributed by atoms with Crippen molar-refractivity contribution in [3.05, 3.63) is 54.4 Å². The fourth-order valence-electron chi connectivity index (χ4n) is 3.34. The average molecular weight is 409 g/mol. The molecule has 3 rings (SSSR count). The van der Waals surface area contributed by atoms with Gasteiger partial charge in [0.2, 0.25) is 0 Å². The van der Waals surface area contributed by atoms with Gasteiger partial charge in [-0.25, -0.2) is 0 Å². The molecule has 2 aromatic rings. The molecule has 7 nitrogen and oxygen atoms in total. The minimum absolute atomic E-state index is 0. The Morgan fingerprint density at radius 2 is 1.86 bits per heavy atom. The third-order valence-corrected chi connectivity index (χ3v) is 4.88. The van der Waals surface area contributed by atoms with Gasteiger partial charge in [-0.3, -0.25) is 9.78 Å². The molecule has 0 bridgehead atoms. The second kappa shape index (κ2) is 9.73. The molecule has 3 atom stereocenters. The van der Waals surface area contributed by atoms with Gasteiger partial charge in [-0.15, -0.1) is 12.4 Å². The molecule has 0 aliphatic heterocycles. The first-order valence-electron chi connectivity index (χ1n) is 8.83. The second-order valence-corrected chi connectivity index (χ2v) is 6.93. The van der Waals surface area contributed by atoms with Crippen molar-refractivity contribution in [2.24, 2.45) is 5.41 Å². The zero-order valence-corrected chi connectivity index (χ0v) is 16.4. The predicted octanol–water partition coefficient (Wildman–Crippen LogP) is 1.82. The van der Waals surface area contributed by atoms with E-state index in [1.165, 1.54) is 0 Å². The maximum Gasteiger partial charge on any atom is 0.251 e. The topological polar surface area (TPSA) is 101 Å². The van der Waals surface area contributed by atoms with Gasteiger partial charge in [0.15, 0.2) is 0 Å². The molecule has 1 saturated carbocycles. The Bertz CT molecular complexity index is 747. The largest absolute Gasteiger partial charge is 0.497 e. The number of hydrogen-bond acceptors (Lipinski definition) is 6. The number of halogens is 1. The summed E-state index contributed by atoms with van der Waals surface area (Å²) in [6.07, 6.45) is 2.28. The molecule has 0 saturated heterocycles. The molecule has 1 heterocycles. The van der Waals surface area contributed by atoms with Gasteiger partial charge in [0.05, 0.1) is 32.1 Å². The Morgan fingerprint density at radius 1 is 1.18 bits per heavy atom. The number of aliphatic hydroxyl groups is 2. The summed E-state index contributed by atoms with van der Waals surface area (Å²) in [5, 5.41) is 23.0. The number of pyridine rings is 1. The van der Waals surface area contributed by atoms with Crippen molar-refractivity contribution in [2.45, 2.75) is 25.0 Å². The highest BCUT2D eigenvalue weighted by molar-refractivity contribution is 5.94. The van der Waals surface area contributed by atoms with Crippen molar-refractivity contribution in [1.82, 2.24) is 10.3 Å². The molecule has 1 unspecified atom stereocenters. The average Bonchev–Trinajstić information content (AvgIpc) is 2.99. The number of carbonyl (C=O) groups is 1. The van der Waals surface area contributed by atoms with Crippen LogP contribution in [0.2, 0.25) is 0 Å². The molecule has 1 amide bonds. The normalized spacial score (nSPS) is 23.5. The van der Waals surface area contributed by atoms with E-state index >= 15 is 0 Å². The van der Waals surface area contributed by atoms with Crippen LogP contribution < -0.4 is 14.8 Å². The van der Waals surface area contributed by atoms with Gasteiger partial charge in [-0.1, -0.05) is 0 Å². The third kappa shape index (κ3) is 5.34. The monoisotopic (exact) mass is 408 g/mol. The van der Waals surface area contributed by atoms with Crippen LogP contribution in [0, 0.1) is 5.41 Å². The summed E-state index contributed by atoms with van der Waals surface area (Å²) in [6, 6.07) is 10.4. The summed E-state index contributed by atoms with van der Waals surface area (Å²) in [7, 11) is 1.57. The number of aromatic nitrogens is 1. The number of nitrogens with zero attached hydrogens (tertiary/aromatic N) is 1. The minimum atomic E-state index is -0.833. The molecule has 0 spiro atoms. The Kier molecular flexibility index (Phi) is 7.62. The first-order valence-corrected chi connectivity index (χ1v) is 8.83. The Hall–Kier alpha value is -2.35. The lowest BCUT2D eigenvalue weighted by atomic mass is 9.86. The lowest BCUT2D eigenvalue weighted by molar-refractivity contribution is 0.0438. The summed E-state index contributed by atoms with van der Waals surface area (Å²) in [5.41, 5.74) is -0.0465. The van der Waals surface area contributed by atoms with Crippen molar-refractivity contribution in [1.29, 1.82) is 0 Å². The van der Waals surface area contributed by atoms with Gasteiger partial charge >= 0.3 is 0 Å². The molecule has 1 aliphatic rings. The number of ether oxygens (including phenoxy) is 2. The number of hydrogen-bond donors (Lipinski definition) is 3. The zero-order chi connectivity index (χ0) is 19.3. The molecule has 3 N–H and O–H groups in total. The molecule has 1 aromatic heterocycles. The SMILES string of the molecule is COc1ccc(C(=O)NCC2(COc3cccnc3)C[C@@H](O)[C@@H](O)C2)cc1.Cl. The van der Waals surface area contributed by atoms with Gasteiger partial charge < -0.3 is 25.0 Å². The fourth-order valence-corrected chi connectivity index (χ4v) is 3.34. The van der Waals surface area contributed by atoms with Gasteiger partial charge in [0, 0.05) is 23.7 Å². The predicted molar refractivity (Wildman–Crippen MR) is 106 cm³/mol. The van der Waals surface area contributed by atoms with Crippen LogP contribution in [0.4, 0.5) is 0 Å². The van der Waals surface area contributed by atoms with Gasteiger partial charge in [0.1, 0.15) is 11.5 Å². The maximum absolute atomic E-state index is 12.5. The number of methoxy groups -OCH3 is 1. The Labute approximate surface area is 170 Å². The highest BCUT2D eigenvalue weighted by atomic mass is 35.5. The van der Waals surface area contributed by atoms with E-state index in [9.17, 15) is 15.0 Å². The number of carbonyl (C=O) groups excluding carboxylic acids is 1. The van der Waals surface area contributed by atoms with Crippen LogP contribution in [0.25, 0.3) is 0 Å². The quantitative estimate of drug-likeness (QED) is 0.646. The fraction of sp³-hybridized carbons (Fsp3) is 0.400. The number of aliphatic hydroxyl groups excluding tert-OH is 2. The van der Waals surface area contributed by atoms with Crippen LogP contribution in [0.15, 0.2) is 48.8 Å². The highest BCUT2D eigenvalue weighted by Gasteiger charge is 2.45. The Balaban J connectivity index is 0.00000280. The summed E-state index contributed by atoms with van der Waals surface area (Å²) in [4.78, 5) is 16.5. The minimum Gasteiger partial charge on any atom is -0.497 e. The smallest absolute Gasteiger partial charge is 0.251 e. The first-order chi connectivity index (χ1) is 13.0. The molecular formula is C20H25ClN2O5. The molecule has 8 heteroatoms. The van der Waals surface area contributed by atoms with E-state index in [1.54, 1.807) is 55.9 Å². The van der Waals surface area contributed by atoms with Crippen LogP contribution in [0.1, 0.15) is 23.2 Å². The van der Waals surface area contributed by atoms with Crippen molar-refractivity contribution in [3.8, 4) is 11.5 Å². The zero-order valence-electron chi connectivity index (χ0n) is 15.6. The highest BCUT2D eigenvalue weighted by Crippen LogP contribution is 2.38. The molecule has 1 aromatic carbocycles. The van der Waals surface area contributed by atoms with Crippen LogP contribution >= 0.6 is 12.4 Å². The maximum atomic E-state index is 12.5. The van der Waals surface area contributed by atoms with Gasteiger partial charge in [-0.2, -0.15) is 0 Å². The van der Waals surface area contributed by atoms with Crippen molar-refractivity contribution < 1.29 is 24.5 Å². The summed E-state index contributed by atoms with van der Waals surface area (Å²) >= 11 is 0. The van der Waals surface area contributed by atoms with Crippen LogP contribution in [-0.2, 0) is 0 Å². The van der Waals surface area contributed by atoms with E-state index < -0.39 is 17.6 Å². The van der Waals surface area contributed by atoms with E-state index in [1.807, 2.05) is 0 Å². The summed E-state index contributed by atoms with van der Waals surface area (Å²) in [6.45, 7) is 0.544. The molecule has 1 aliphatic carbocycles. The van der Waals surface area contributed by atoms with Gasteiger partial charge in [-0.05, 0) is 49.2 Å².